The number of nitrogens with zero attached hydrogens (tertiary/aromatic N) is 4. The number of fused-ring (bicyclic) bond motifs is 1. The largest absolute Gasteiger partial charge is 0.335 e. The third-order valence-electron chi connectivity index (χ3n) is 5.32. The van der Waals surface area contributed by atoms with Crippen molar-refractivity contribution in [3.8, 4) is 0 Å². The molecule has 3 saturated heterocycles. The lowest BCUT2D eigenvalue weighted by molar-refractivity contribution is 0.341. The fourth-order valence-corrected chi connectivity index (χ4v) is 4.11. The number of aromatic nitrogens is 3. The van der Waals surface area contributed by atoms with E-state index in [0.717, 1.165) is 50.3 Å². The normalized spacial score (nSPS) is 30.0. The Labute approximate surface area is 126 Å². The summed E-state index contributed by atoms with van der Waals surface area (Å²) in [6.45, 7) is 6.97. The average molecular weight is 290 g/mol. The van der Waals surface area contributed by atoms with Crippen LogP contribution in [0.3, 0.4) is 0 Å². The number of hydrogen-bond donors (Lipinski definition) is 2. The van der Waals surface area contributed by atoms with Crippen LogP contribution in [0.4, 0.5) is 5.95 Å². The van der Waals surface area contributed by atoms with Crippen LogP contribution >= 0.6 is 0 Å². The predicted molar refractivity (Wildman–Crippen MR) is 82.5 cm³/mol. The Morgan fingerprint density at radius 1 is 1.10 bits per heavy atom. The first kappa shape index (κ1) is 13.5. The standard InChI is InChI=1S/C15H26N6/c1-2-7-20(6-1)9-5-14-17-15(19-18-14)21-8-3-4-12-10-16-11-13(12)21/h12-13,16H,1-11H2,(H,17,18,19). The molecular weight excluding hydrogens is 264 g/mol. The number of H-pyrrole nitrogens is 1. The van der Waals surface area contributed by atoms with Crippen molar-refractivity contribution in [2.45, 2.75) is 38.1 Å². The van der Waals surface area contributed by atoms with Crippen molar-refractivity contribution in [2.75, 3.05) is 44.2 Å². The molecule has 0 radical (unpaired) electrons. The van der Waals surface area contributed by atoms with E-state index in [1.165, 1.54) is 38.8 Å². The highest BCUT2D eigenvalue weighted by Gasteiger charge is 2.36. The molecule has 3 fully saturated rings. The van der Waals surface area contributed by atoms with Crippen LogP contribution in [0.1, 0.15) is 31.5 Å². The van der Waals surface area contributed by atoms with Crippen LogP contribution in [-0.4, -0.2) is 65.4 Å². The fraction of sp³-hybridized carbons (Fsp3) is 0.867. The molecule has 6 heteroatoms. The number of piperidine rings is 1. The maximum Gasteiger partial charge on any atom is 0.245 e. The van der Waals surface area contributed by atoms with Gasteiger partial charge in [0.25, 0.3) is 0 Å². The molecule has 0 spiro atoms. The van der Waals surface area contributed by atoms with E-state index in [4.69, 9.17) is 4.98 Å². The van der Waals surface area contributed by atoms with Gasteiger partial charge in [0.2, 0.25) is 5.95 Å². The molecule has 21 heavy (non-hydrogen) atoms. The van der Waals surface area contributed by atoms with E-state index in [1.54, 1.807) is 0 Å². The molecule has 0 aromatic carbocycles. The topological polar surface area (TPSA) is 60.1 Å². The number of rotatable bonds is 4. The molecule has 2 N–H and O–H groups in total. The van der Waals surface area contributed by atoms with Crippen molar-refractivity contribution in [2.24, 2.45) is 5.92 Å². The number of nitrogens with one attached hydrogen (secondary N) is 2. The van der Waals surface area contributed by atoms with Gasteiger partial charge in [0.1, 0.15) is 5.82 Å². The summed E-state index contributed by atoms with van der Waals surface area (Å²) in [5.41, 5.74) is 0. The maximum atomic E-state index is 4.76. The molecule has 0 aliphatic carbocycles. The van der Waals surface area contributed by atoms with Gasteiger partial charge < -0.3 is 15.1 Å². The van der Waals surface area contributed by atoms with E-state index in [-0.39, 0.29) is 0 Å². The second-order valence-electron chi connectivity index (χ2n) is 6.70. The molecule has 116 valence electrons. The van der Waals surface area contributed by atoms with Crippen molar-refractivity contribution < 1.29 is 0 Å². The Kier molecular flexibility index (Phi) is 3.82. The summed E-state index contributed by atoms with van der Waals surface area (Å²) in [5, 5.41) is 11.2. The molecule has 2 unspecified atom stereocenters. The molecule has 4 rings (SSSR count). The molecule has 2 atom stereocenters. The van der Waals surface area contributed by atoms with Gasteiger partial charge >= 0.3 is 0 Å². The summed E-state index contributed by atoms with van der Waals surface area (Å²) in [5.74, 6) is 2.75. The molecule has 1 aromatic heterocycles. The summed E-state index contributed by atoms with van der Waals surface area (Å²) in [6.07, 6.45) is 6.31. The van der Waals surface area contributed by atoms with E-state index < -0.39 is 0 Å². The summed E-state index contributed by atoms with van der Waals surface area (Å²) in [4.78, 5) is 9.71. The number of likely N-dealkylation sites (tertiary alicyclic amines) is 1. The zero-order valence-electron chi connectivity index (χ0n) is 12.7. The van der Waals surface area contributed by atoms with E-state index >= 15 is 0 Å². The van der Waals surface area contributed by atoms with Crippen LogP contribution in [-0.2, 0) is 6.42 Å². The highest BCUT2D eigenvalue weighted by molar-refractivity contribution is 5.33. The smallest absolute Gasteiger partial charge is 0.245 e. The van der Waals surface area contributed by atoms with Crippen molar-refractivity contribution in [1.82, 2.24) is 25.4 Å². The molecule has 0 bridgehead atoms. The van der Waals surface area contributed by atoms with Crippen LogP contribution in [0.5, 0.6) is 0 Å². The quantitative estimate of drug-likeness (QED) is 0.852. The van der Waals surface area contributed by atoms with E-state index in [9.17, 15) is 0 Å². The summed E-state index contributed by atoms with van der Waals surface area (Å²) < 4.78 is 0. The lowest BCUT2D eigenvalue weighted by Gasteiger charge is -2.36. The molecule has 6 nitrogen and oxygen atoms in total. The number of hydrogen-bond acceptors (Lipinski definition) is 5. The fourth-order valence-electron chi connectivity index (χ4n) is 4.11. The molecular formula is C15H26N6. The SMILES string of the molecule is C1CCN(CCc2nc(N3CCCC4CNCC43)n[nH]2)C1. The Bertz CT molecular complexity index is 466. The van der Waals surface area contributed by atoms with Gasteiger partial charge in [0, 0.05) is 38.6 Å². The zero-order valence-corrected chi connectivity index (χ0v) is 12.7. The third kappa shape index (κ3) is 2.79. The Balaban J connectivity index is 1.39. The number of anilines is 1. The van der Waals surface area contributed by atoms with Crippen molar-refractivity contribution in [3.05, 3.63) is 5.82 Å². The van der Waals surface area contributed by atoms with Gasteiger partial charge in [-0.1, -0.05) is 0 Å². The van der Waals surface area contributed by atoms with Crippen molar-refractivity contribution >= 4 is 5.95 Å². The van der Waals surface area contributed by atoms with Crippen LogP contribution in [0.25, 0.3) is 0 Å². The van der Waals surface area contributed by atoms with Gasteiger partial charge in [-0.2, -0.15) is 4.98 Å². The zero-order chi connectivity index (χ0) is 14.1. The van der Waals surface area contributed by atoms with Gasteiger partial charge in [-0.15, -0.1) is 5.10 Å². The molecule has 0 amide bonds. The van der Waals surface area contributed by atoms with Gasteiger partial charge in [-0.05, 0) is 44.7 Å². The monoisotopic (exact) mass is 290 g/mol. The van der Waals surface area contributed by atoms with Crippen LogP contribution in [0.15, 0.2) is 0 Å². The molecule has 3 aliphatic heterocycles. The molecule has 0 saturated carbocycles. The van der Waals surface area contributed by atoms with Gasteiger partial charge in [0.05, 0.1) is 0 Å². The Morgan fingerprint density at radius 2 is 2.00 bits per heavy atom. The second-order valence-corrected chi connectivity index (χ2v) is 6.70. The number of aromatic amines is 1. The summed E-state index contributed by atoms with van der Waals surface area (Å²) >= 11 is 0. The summed E-state index contributed by atoms with van der Waals surface area (Å²) in [6, 6.07) is 0.598. The van der Waals surface area contributed by atoms with Crippen LogP contribution in [0, 0.1) is 5.92 Å². The van der Waals surface area contributed by atoms with E-state index in [1.807, 2.05) is 0 Å². The van der Waals surface area contributed by atoms with Crippen molar-refractivity contribution in [3.63, 3.8) is 0 Å². The Morgan fingerprint density at radius 3 is 2.90 bits per heavy atom. The van der Waals surface area contributed by atoms with Crippen LogP contribution < -0.4 is 10.2 Å². The summed E-state index contributed by atoms with van der Waals surface area (Å²) in [7, 11) is 0. The highest BCUT2D eigenvalue weighted by atomic mass is 15.4. The second kappa shape index (κ2) is 5.93. The first-order valence-corrected chi connectivity index (χ1v) is 8.51. The molecule has 3 aliphatic rings. The lowest BCUT2D eigenvalue weighted by atomic mass is 9.92. The average Bonchev–Trinajstić information content (AvgIpc) is 3.25. The highest BCUT2D eigenvalue weighted by Crippen LogP contribution is 2.28. The van der Waals surface area contributed by atoms with Crippen molar-refractivity contribution in [1.29, 1.82) is 0 Å². The maximum absolute atomic E-state index is 4.76. The van der Waals surface area contributed by atoms with Gasteiger partial charge in [-0.25, -0.2) is 0 Å². The third-order valence-corrected chi connectivity index (χ3v) is 5.32. The van der Waals surface area contributed by atoms with E-state index in [2.05, 4.69) is 25.3 Å². The molecule has 1 aromatic rings. The minimum absolute atomic E-state index is 0.598. The molecule has 4 heterocycles. The minimum Gasteiger partial charge on any atom is -0.335 e. The first-order chi connectivity index (χ1) is 10.4. The van der Waals surface area contributed by atoms with Gasteiger partial charge in [-0.3, -0.25) is 5.10 Å². The Hall–Kier alpha value is -1.14. The lowest BCUT2D eigenvalue weighted by Crippen LogP contribution is -2.45. The minimum atomic E-state index is 0.598. The van der Waals surface area contributed by atoms with Gasteiger partial charge in [0.15, 0.2) is 0 Å². The van der Waals surface area contributed by atoms with Crippen LogP contribution in [0.2, 0.25) is 0 Å². The predicted octanol–water partition coefficient (Wildman–Crippen LogP) is 0.631. The van der Waals surface area contributed by atoms with E-state index in [0.29, 0.717) is 6.04 Å². The first-order valence-electron chi connectivity index (χ1n) is 8.51.